The van der Waals surface area contributed by atoms with Gasteiger partial charge in [0.15, 0.2) is 0 Å². The van der Waals surface area contributed by atoms with Gasteiger partial charge in [0, 0.05) is 18.4 Å². The monoisotopic (exact) mass is 228 g/mol. The number of nitrogens with one attached hydrogen (secondary N) is 2. The molecule has 0 spiro atoms. The molecule has 5 heteroatoms. The zero-order valence-electron chi connectivity index (χ0n) is 8.86. The minimum Gasteiger partial charge on any atom is -0.354 e. The predicted molar refractivity (Wildman–Crippen MR) is 63.5 cm³/mol. The van der Waals surface area contributed by atoms with Crippen molar-refractivity contribution in [1.82, 2.24) is 15.3 Å². The average molecular weight is 229 g/mol. The molecular formula is C10H17ClN4. The Kier molecular flexibility index (Phi) is 4.78. The summed E-state index contributed by atoms with van der Waals surface area (Å²) in [5.41, 5.74) is 1.01. The Bertz CT molecular complexity index is 299. The molecule has 84 valence electrons. The molecule has 4 nitrogen and oxygen atoms in total. The molecule has 1 aromatic rings. The normalized spacial score (nSPS) is 19.7. The summed E-state index contributed by atoms with van der Waals surface area (Å²) in [5.74, 6) is 1.47. The molecule has 1 aliphatic rings. The van der Waals surface area contributed by atoms with Crippen LogP contribution in [0.25, 0.3) is 0 Å². The molecule has 1 unspecified atom stereocenters. The second-order valence-electron chi connectivity index (χ2n) is 3.76. The van der Waals surface area contributed by atoms with E-state index in [4.69, 9.17) is 0 Å². The molecule has 0 aliphatic carbocycles. The maximum atomic E-state index is 4.29. The van der Waals surface area contributed by atoms with Gasteiger partial charge >= 0.3 is 0 Å². The van der Waals surface area contributed by atoms with E-state index in [-0.39, 0.29) is 12.4 Å². The Morgan fingerprint density at radius 3 is 3.13 bits per heavy atom. The number of hydrogen-bond donors (Lipinski definition) is 2. The van der Waals surface area contributed by atoms with Crippen molar-refractivity contribution in [3.05, 3.63) is 18.0 Å². The zero-order valence-corrected chi connectivity index (χ0v) is 9.68. The van der Waals surface area contributed by atoms with Gasteiger partial charge in [-0.25, -0.2) is 9.97 Å². The molecular weight excluding hydrogens is 212 g/mol. The lowest BCUT2D eigenvalue weighted by molar-refractivity contribution is 0.612. The summed E-state index contributed by atoms with van der Waals surface area (Å²) in [6, 6.07) is 1.91. The van der Waals surface area contributed by atoms with Crippen molar-refractivity contribution < 1.29 is 0 Å². The highest BCUT2D eigenvalue weighted by atomic mass is 35.5. The van der Waals surface area contributed by atoms with Gasteiger partial charge in [-0.05, 0) is 38.4 Å². The van der Waals surface area contributed by atoms with E-state index in [9.17, 15) is 0 Å². The number of aryl methyl sites for hydroxylation is 1. The summed E-state index contributed by atoms with van der Waals surface area (Å²) in [5, 5.41) is 6.60. The molecule has 2 heterocycles. The Morgan fingerprint density at radius 2 is 2.47 bits per heavy atom. The van der Waals surface area contributed by atoms with Crippen LogP contribution in [0.2, 0.25) is 0 Å². The first kappa shape index (κ1) is 12.2. The molecule has 1 aromatic heterocycles. The molecule has 0 aromatic carbocycles. The number of halogens is 1. The van der Waals surface area contributed by atoms with Gasteiger partial charge in [-0.2, -0.15) is 0 Å². The van der Waals surface area contributed by atoms with Gasteiger partial charge in [0.25, 0.3) is 0 Å². The number of rotatable bonds is 3. The van der Waals surface area contributed by atoms with Gasteiger partial charge in [0.1, 0.15) is 0 Å². The maximum Gasteiger partial charge on any atom is 0.222 e. The summed E-state index contributed by atoms with van der Waals surface area (Å²) in [6.07, 6.45) is 3.04. The minimum atomic E-state index is 0. The van der Waals surface area contributed by atoms with Gasteiger partial charge in [-0.3, -0.25) is 0 Å². The van der Waals surface area contributed by atoms with Crippen molar-refractivity contribution in [3.63, 3.8) is 0 Å². The van der Waals surface area contributed by atoms with E-state index < -0.39 is 0 Å². The van der Waals surface area contributed by atoms with Crippen molar-refractivity contribution in [2.45, 2.75) is 13.3 Å². The van der Waals surface area contributed by atoms with Crippen molar-refractivity contribution in [3.8, 4) is 0 Å². The van der Waals surface area contributed by atoms with E-state index in [1.165, 1.54) is 6.42 Å². The summed E-state index contributed by atoms with van der Waals surface area (Å²) in [7, 11) is 0. The second-order valence-corrected chi connectivity index (χ2v) is 3.76. The van der Waals surface area contributed by atoms with E-state index in [1.54, 1.807) is 6.20 Å². The third kappa shape index (κ3) is 3.64. The first-order chi connectivity index (χ1) is 6.84. The lowest BCUT2D eigenvalue weighted by Crippen LogP contribution is -2.18. The third-order valence-electron chi connectivity index (χ3n) is 2.51. The van der Waals surface area contributed by atoms with Crippen molar-refractivity contribution in [1.29, 1.82) is 0 Å². The van der Waals surface area contributed by atoms with Crippen LogP contribution in [0.15, 0.2) is 12.3 Å². The van der Waals surface area contributed by atoms with Gasteiger partial charge in [-0.1, -0.05) is 0 Å². The molecule has 1 saturated heterocycles. The molecule has 1 atom stereocenters. The quantitative estimate of drug-likeness (QED) is 0.817. The van der Waals surface area contributed by atoms with Crippen molar-refractivity contribution >= 4 is 18.4 Å². The summed E-state index contributed by atoms with van der Waals surface area (Å²) in [4.78, 5) is 8.45. The molecule has 1 fully saturated rings. The lowest BCUT2D eigenvalue weighted by Gasteiger charge is -2.09. The number of aromatic nitrogens is 2. The fourth-order valence-corrected chi connectivity index (χ4v) is 1.66. The van der Waals surface area contributed by atoms with Crippen molar-refractivity contribution in [2.24, 2.45) is 5.92 Å². The Balaban J connectivity index is 0.00000112. The smallest absolute Gasteiger partial charge is 0.222 e. The van der Waals surface area contributed by atoms with E-state index >= 15 is 0 Å². The molecule has 2 N–H and O–H groups in total. The lowest BCUT2D eigenvalue weighted by atomic mass is 10.1. The molecule has 2 rings (SSSR count). The summed E-state index contributed by atoms with van der Waals surface area (Å²) in [6.45, 7) is 5.19. The predicted octanol–water partition coefficient (Wildman–Crippen LogP) is 1.23. The van der Waals surface area contributed by atoms with E-state index in [2.05, 4.69) is 20.6 Å². The van der Waals surface area contributed by atoms with Crippen molar-refractivity contribution in [2.75, 3.05) is 25.0 Å². The molecule has 0 radical (unpaired) electrons. The largest absolute Gasteiger partial charge is 0.354 e. The van der Waals surface area contributed by atoms with E-state index in [1.807, 2.05) is 13.0 Å². The Hall–Kier alpha value is -0.870. The highest BCUT2D eigenvalue weighted by molar-refractivity contribution is 5.85. The second kappa shape index (κ2) is 5.88. The first-order valence-corrected chi connectivity index (χ1v) is 5.09. The number of hydrogen-bond acceptors (Lipinski definition) is 4. The van der Waals surface area contributed by atoms with Crippen LogP contribution in [0.5, 0.6) is 0 Å². The van der Waals surface area contributed by atoms with Crippen LogP contribution >= 0.6 is 12.4 Å². The van der Waals surface area contributed by atoms with E-state index in [0.29, 0.717) is 0 Å². The van der Waals surface area contributed by atoms with Gasteiger partial charge in [0.05, 0.1) is 0 Å². The number of anilines is 1. The van der Waals surface area contributed by atoms with Crippen LogP contribution in [0.3, 0.4) is 0 Å². The van der Waals surface area contributed by atoms with Crippen LogP contribution in [0.1, 0.15) is 12.1 Å². The summed E-state index contributed by atoms with van der Waals surface area (Å²) >= 11 is 0. The molecule has 0 amide bonds. The third-order valence-corrected chi connectivity index (χ3v) is 2.51. The Labute approximate surface area is 96.3 Å². The van der Waals surface area contributed by atoms with Gasteiger partial charge in [-0.15, -0.1) is 12.4 Å². The summed E-state index contributed by atoms with van der Waals surface area (Å²) < 4.78 is 0. The maximum absolute atomic E-state index is 4.29. The molecule has 1 aliphatic heterocycles. The van der Waals surface area contributed by atoms with E-state index in [0.717, 1.165) is 37.2 Å². The fourth-order valence-electron chi connectivity index (χ4n) is 1.66. The highest BCUT2D eigenvalue weighted by Crippen LogP contribution is 2.08. The average Bonchev–Trinajstić information content (AvgIpc) is 2.67. The fraction of sp³-hybridized carbons (Fsp3) is 0.600. The van der Waals surface area contributed by atoms with Crippen LogP contribution in [0.4, 0.5) is 5.95 Å². The first-order valence-electron chi connectivity index (χ1n) is 5.09. The standard InChI is InChI=1S/C10H16N4.ClH/c1-8-2-5-12-10(14-8)13-7-9-3-4-11-6-9;/h2,5,9,11H,3-4,6-7H2,1H3,(H,12,13,14);1H. The topological polar surface area (TPSA) is 49.8 Å². The molecule has 0 saturated carbocycles. The van der Waals surface area contributed by atoms with Crippen LogP contribution in [-0.4, -0.2) is 29.6 Å². The number of nitrogens with zero attached hydrogens (tertiary/aromatic N) is 2. The highest BCUT2D eigenvalue weighted by Gasteiger charge is 2.13. The van der Waals surface area contributed by atoms with Gasteiger partial charge in [0.2, 0.25) is 5.95 Å². The zero-order chi connectivity index (χ0) is 9.80. The minimum absolute atomic E-state index is 0. The van der Waals surface area contributed by atoms with Gasteiger partial charge < -0.3 is 10.6 Å². The molecule has 0 bridgehead atoms. The van der Waals surface area contributed by atoms with Crippen LogP contribution < -0.4 is 10.6 Å². The van der Waals surface area contributed by atoms with Crippen LogP contribution in [0, 0.1) is 12.8 Å². The SMILES string of the molecule is Cc1ccnc(NCC2CCNC2)n1.Cl. The Morgan fingerprint density at radius 1 is 1.60 bits per heavy atom. The van der Waals surface area contributed by atoms with Crippen LogP contribution in [-0.2, 0) is 0 Å². The molecule has 15 heavy (non-hydrogen) atoms.